The molecule has 0 spiro atoms. The predicted molar refractivity (Wildman–Crippen MR) is 107 cm³/mol. The van der Waals surface area contributed by atoms with Crippen LogP contribution in [0, 0.1) is 11.8 Å². The van der Waals surface area contributed by atoms with E-state index in [2.05, 4.69) is 20.9 Å². The minimum absolute atomic E-state index is 0.0316. The van der Waals surface area contributed by atoms with Gasteiger partial charge in [-0.3, -0.25) is 9.59 Å². The third-order valence-electron chi connectivity index (χ3n) is 6.90. The summed E-state index contributed by atoms with van der Waals surface area (Å²) in [7, 11) is 0. The number of hydrogen-bond donors (Lipinski definition) is 1. The van der Waals surface area contributed by atoms with E-state index in [1.54, 1.807) is 12.4 Å². The molecule has 6 nitrogen and oxygen atoms in total. The van der Waals surface area contributed by atoms with Crippen LogP contribution in [-0.4, -0.2) is 38.4 Å². The molecular formula is C22H28N4O2. The number of hydrogen-bond acceptors (Lipinski definition) is 3. The van der Waals surface area contributed by atoms with Crippen molar-refractivity contribution in [2.24, 2.45) is 11.8 Å². The van der Waals surface area contributed by atoms with E-state index in [0.717, 1.165) is 25.2 Å². The van der Waals surface area contributed by atoms with Gasteiger partial charge in [0.25, 0.3) is 5.56 Å². The molecule has 2 atom stereocenters. The molecule has 0 aromatic carbocycles. The molecule has 4 heterocycles. The second-order valence-corrected chi connectivity index (χ2v) is 8.83. The van der Waals surface area contributed by atoms with Gasteiger partial charge in [0.2, 0.25) is 5.91 Å². The number of H-pyrrole nitrogens is 1. The number of aromatic nitrogens is 3. The zero-order chi connectivity index (χ0) is 19.1. The van der Waals surface area contributed by atoms with Crippen LogP contribution in [-0.2, 0) is 11.3 Å². The lowest BCUT2D eigenvalue weighted by Gasteiger charge is -2.43. The number of likely N-dealkylation sites (tertiary alicyclic amines) is 1. The highest BCUT2D eigenvalue weighted by molar-refractivity contribution is 5.76. The lowest BCUT2D eigenvalue weighted by molar-refractivity contribution is -0.135. The molecule has 6 heteroatoms. The third-order valence-corrected chi connectivity index (χ3v) is 6.90. The highest BCUT2D eigenvalue weighted by Gasteiger charge is 2.37. The minimum atomic E-state index is 0.0316. The lowest BCUT2D eigenvalue weighted by Crippen LogP contribution is -2.49. The Kier molecular flexibility index (Phi) is 4.57. The summed E-state index contributed by atoms with van der Waals surface area (Å²) < 4.78 is 1.93. The van der Waals surface area contributed by atoms with Crippen molar-refractivity contribution in [1.82, 2.24) is 19.4 Å². The fourth-order valence-corrected chi connectivity index (χ4v) is 5.51. The van der Waals surface area contributed by atoms with E-state index in [1.165, 1.54) is 32.1 Å². The van der Waals surface area contributed by atoms with Crippen LogP contribution in [0.25, 0.3) is 11.4 Å². The van der Waals surface area contributed by atoms with Crippen molar-refractivity contribution in [3.63, 3.8) is 0 Å². The van der Waals surface area contributed by atoms with Gasteiger partial charge in [-0.25, -0.2) is 4.98 Å². The Morgan fingerprint density at radius 3 is 2.79 bits per heavy atom. The normalized spacial score (nSPS) is 24.8. The molecule has 1 amide bonds. The summed E-state index contributed by atoms with van der Waals surface area (Å²) in [4.78, 5) is 35.3. The molecule has 1 N–H and O–H groups in total. The van der Waals surface area contributed by atoms with Gasteiger partial charge < -0.3 is 14.5 Å². The SMILES string of the molecule is O=C(CC1CCCCC1)N1C[C@@H]2C[C@H](C1)c1ccc(-c3ncc[nH]3)c(=O)n1C2. The average Bonchev–Trinajstić information content (AvgIpc) is 3.24. The second-order valence-electron chi connectivity index (χ2n) is 8.83. The molecule has 2 aromatic heterocycles. The van der Waals surface area contributed by atoms with Gasteiger partial charge >= 0.3 is 0 Å². The quantitative estimate of drug-likeness (QED) is 0.889. The summed E-state index contributed by atoms with van der Waals surface area (Å²) in [5, 5.41) is 0. The standard InChI is InChI=1S/C22H28N4O2/c27-20(11-15-4-2-1-3-5-15)25-12-16-10-17(14-25)19-7-6-18(21-23-8-9-24-21)22(28)26(19)13-16/h6-9,15-17H,1-5,10-14H2,(H,23,24)/t16-,17+/m0/s1. The smallest absolute Gasteiger partial charge is 0.261 e. The van der Waals surface area contributed by atoms with E-state index in [0.29, 0.717) is 42.1 Å². The van der Waals surface area contributed by atoms with Crippen molar-refractivity contribution in [2.45, 2.75) is 57.4 Å². The first-order valence-electron chi connectivity index (χ1n) is 10.7. The van der Waals surface area contributed by atoms with E-state index in [4.69, 9.17) is 0 Å². The van der Waals surface area contributed by atoms with Gasteiger partial charge in [-0.15, -0.1) is 0 Å². The topological polar surface area (TPSA) is 71.0 Å². The maximum atomic E-state index is 13.0. The van der Waals surface area contributed by atoms with Gasteiger partial charge in [0.05, 0.1) is 5.56 Å². The van der Waals surface area contributed by atoms with Gasteiger partial charge in [-0.2, -0.15) is 0 Å². The molecule has 3 aliphatic rings. The van der Waals surface area contributed by atoms with Crippen molar-refractivity contribution >= 4 is 5.91 Å². The van der Waals surface area contributed by atoms with Gasteiger partial charge in [-0.05, 0) is 43.2 Å². The monoisotopic (exact) mass is 380 g/mol. The zero-order valence-corrected chi connectivity index (χ0v) is 16.3. The molecule has 28 heavy (non-hydrogen) atoms. The summed E-state index contributed by atoms with van der Waals surface area (Å²) in [6.45, 7) is 2.24. The molecule has 2 aromatic rings. The summed E-state index contributed by atoms with van der Waals surface area (Å²) in [6, 6.07) is 3.95. The second kappa shape index (κ2) is 7.22. The van der Waals surface area contributed by atoms with Crippen molar-refractivity contribution < 1.29 is 4.79 Å². The molecule has 0 unspecified atom stereocenters. The summed E-state index contributed by atoms with van der Waals surface area (Å²) in [5.74, 6) is 2.16. The average molecular weight is 380 g/mol. The molecule has 2 aliphatic heterocycles. The fraction of sp³-hybridized carbons (Fsp3) is 0.591. The number of imidazole rings is 1. The number of pyridine rings is 1. The molecule has 1 saturated heterocycles. The first kappa shape index (κ1) is 17.7. The van der Waals surface area contributed by atoms with Gasteiger partial charge in [0, 0.05) is 50.1 Å². The van der Waals surface area contributed by atoms with E-state index < -0.39 is 0 Å². The maximum absolute atomic E-state index is 13.0. The Hall–Kier alpha value is -2.37. The number of nitrogens with zero attached hydrogens (tertiary/aromatic N) is 3. The molecule has 5 rings (SSSR count). The van der Waals surface area contributed by atoms with Crippen molar-refractivity contribution in [2.75, 3.05) is 13.1 Å². The van der Waals surface area contributed by atoms with E-state index in [-0.39, 0.29) is 11.5 Å². The van der Waals surface area contributed by atoms with Gasteiger partial charge in [0.1, 0.15) is 5.82 Å². The Bertz CT molecular complexity index is 911. The number of piperidine rings is 1. The number of carbonyl (C=O) groups is 1. The third kappa shape index (κ3) is 3.19. The van der Waals surface area contributed by atoms with Gasteiger partial charge in [0.15, 0.2) is 0 Å². The molecule has 1 saturated carbocycles. The van der Waals surface area contributed by atoms with Crippen LogP contribution < -0.4 is 5.56 Å². The molecule has 1 aliphatic carbocycles. The van der Waals surface area contributed by atoms with Crippen molar-refractivity contribution in [3.8, 4) is 11.4 Å². The highest BCUT2D eigenvalue weighted by atomic mass is 16.2. The van der Waals surface area contributed by atoms with Crippen LogP contribution >= 0.6 is 0 Å². The number of aromatic amines is 1. The summed E-state index contributed by atoms with van der Waals surface area (Å²) in [6.07, 6.45) is 11.5. The van der Waals surface area contributed by atoms with E-state index >= 15 is 0 Å². The summed E-state index contributed by atoms with van der Waals surface area (Å²) >= 11 is 0. The van der Waals surface area contributed by atoms with E-state index in [1.807, 2.05) is 10.6 Å². The maximum Gasteiger partial charge on any atom is 0.261 e. The zero-order valence-electron chi connectivity index (χ0n) is 16.3. The van der Waals surface area contributed by atoms with Crippen LogP contribution in [0.2, 0.25) is 0 Å². The number of fused-ring (bicyclic) bond motifs is 4. The largest absolute Gasteiger partial charge is 0.344 e. The van der Waals surface area contributed by atoms with E-state index in [9.17, 15) is 9.59 Å². The van der Waals surface area contributed by atoms with Crippen molar-refractivity contribution in [1.29, 1.82) is 0 Å². The number of amides is 1. The fourth-order valence-electron chi connectivity index (χ4n) is 5.51. The first-order chi connectivity index (χ1) is 13.7. The van der Waals surface area contributed by atoms with Crippen LogP contribution in [0.4, 0.5) is 0 Å². The van der Waals surface area contributed by atoms with Gasteiger partial charge in [-0.1, -0.05) is 19.3 Å². The Morgan fingerprint density at radius 1 is 1.14 bits per heavy atom. The Balaban J connectivity index is 1.36. The number of carbonyl (C=O) groups excluding carboxylic acids is 1. The molecular weight excluding hydrogens is 352 g/mol. The first-order valence-corrected chi connectivity index (χ1v) is 10.7. The summed E-state index contributed by atoms with van der Waals surface area (Å²) in [5.41, 5.74) is 1.73. The van der Waals surface area contributed by atoms with Crippen LogP contribution in [0.1, 0.15) is 56.6 Å². The Labute approximate surface area is 165 Å². The predicted octanol–water partition coefficient (Wildman–Crippen LogP) is 3.15. The van der Waals surface area contributed by atoms with Crippen LogP contribution in [0.5, 0.6) is 0 Å². The molecule has 2 fully saturated rings. The van der Waals surface area contributed by atoms with Crippen LogP contribution in [0.15, 0.2) is 29.3 Å². The van der Waals surface area contributed by atoms with Crippen molar-refractivity contribution in [3.05, 3.63) is 40.6 Å². The highest BCUT2D eigenvalue weighted by Crippen LogP contribution is 2.36. The minimum Gasteiger partial charge on any atom is -0.344 e. The molecule has 148 valence electrons. The Morgan fingerprint density at radius 2 is 2.00 bits per heavy atom. The van der Waals surface area contributed by atoms with Crippen LogP contribution in [0.3, 0.4) is 0 Å². The number of nitrogens with one attached hydrogen (secondary N) is 1. The lowest BCUT2D eigenvalue weighted by atomic mass is 9.82. The number of rotatable bonds is 3. The molecule has 0 radical (unpaired) electrons. The molecule has 2 bridgehead atoms.